The molecule has 7 heteroatoms. The zero-order valence-corrected chi connectivity index (χ0v) is 20.1. The molecule has 0 amide bonds. The molecule has 0 heterocycles. The third kappa shape index (κ3) is 8.96. The van der Waals surface area contributed by atoms with Crippen LogP contribution in [-0.2, 0) is 11.2 Å². The van der Waals surface area contributed by atoms with Crippen LogP contribution in [0.5, 0.6) is 5.75 Å². The number of ether oxygens (including phenoxy) is 2. The van der Waals surface area contributed by atoms with E-state index in [0.717, 1.165) is 69.1 Å². The van der Waals surface area contributed by atoms with Gasteiger partial charge in [0.2, 0.25) is 0 Å². The van der Waals surface area contributed by atoms with E-state index in [9.17, 15) is 0 Å². The Morgan fingerprint density at radius 3 is 2.64 bits per heavy atom. The SMILES string of the molecule is CCNC(=NCCN(CCOC)C1CC1)NCCc1ccc(C)c(OC)c1.I. The van der Waals surface area contributed by atoms with Crippen molar-refractivity contribution >= 4 is 29.9 Å². The standard InChI is InChI=1S/C21H36N4O2.HI/c1-5-22-21(24-12-13-25(14-15-26-3)19-8-9-19)23-11-10-18-7-6-17(2)20(16-18)27-4;/h6-7,16,19H,5,8-15H2,1-4H3,(H2,22,23,24);1H. The third-order valence-electron chi connectivity index (χ3n) is 4.83. The normalized spacial score (nSPS) is 14.0. The van der Waals surface area contributed by atoms with Gasteiger partial charge in [-0.25, -0.2) is 0 Å². The summed E-state index contributed by atoms with van der Waals surface area (Å²) in [5.74, 6) is 1.84. The van der Waals surface area contributed by atoms with Crippen LogP contribution < -0.4 is 15.4 Å². The van der Waals surface area contributed by atoms with E-state index in [1.165, 1.54) is 18.4 Å². The van der Waals surface area contributed by atoms with Crippen LogP contribution in [0.25, 0.3) is 0 Å². The van der Waals surface area contributed by atoms with Crippen molar-refractivity contribution in [1.82, 2.24) is 15.5 Å². The number of rotatable bonds is 12. The summed E-state index contributed by atoms with van der Waals surface area (Å²) in [6, 6.07) is 7.12. The molecule has 0 radical (unpaired) electrons. The summed E-state index contributed by atoms with van der Waals surface area (Å²) < 4.78 is 10.6. The highest BCUT2D eigenvalue weighted by atomic mass is 127. The molecule has 2 N–H and O–H groups in total. The number of aryl methyl sites for hydroxylation is 1. The molecule has 6 nitrogen and oxygen atoms in total. The lowest BCUT2D eigenvalue weighted by molar-refractivity contribution is 0.145. The number of aliphatic imine (C=N–C) groups is 1. The van der Waals surface area contributed by atoms with E-state index in [1.807, 2.05) is 0 Å². The summed E-state index contributed by atoms with van der Waals surface area (Å²) in [4.78, 5) is 7.23. The van der Waals surface area contributed by atoms with Crippen molar-refractivity contribution in [2.45, 2.75) is 39.2 Å². The lowest BCUT2D eigenvalue weighted by Crippen LogP contribution is -2.39. The number of methoxy groups -OCH3 is 2. The smallest absolute Gasteiger partial charge is 0.191 e. The second-order valence-corrected chi connectivity index (χ2v) is 7.00. The lowest BCUT2D eigenvalue weighted by Gasteiger charge is -2.20. The first-order valence-electron chi connectivity index (χ1n) is 10.1. The molecule has 1 saturated carbocycles. The summed E-state index contributed by atoms with van der Waals surface area (Å²) >= 11 is 0. The molecule has 2 rings (SSSR count). The lowest BCUT2D eigenvalue weighted by atomic mass is 10.1. The third-order valence-corrected chi connectivity index (χ3v) is 4.83. The number of hydrogen-bond donors (Lipinski definition) is 2. The highest BCUT2D eigenvalue weighted by Crippen LogP contribution is 2.26. The van der Waals surface area contributed by atoms with E-state index in [2.05, 4.69) is 47.6 Å². The Balaban J connectivity index is 0.00000392. The molecule has 0 aliphatic heterocycles. The number of halogens is 1. The molecule has 1 aromatic rings. The van der Waals surface area contributed by atoms with Crippen molar-refractivity contribution in [3.8, 4) is 5.75 Å². The minimum Gasteiger partial charge on any atom is -0.496 e. The predicted molar refractivity (Wildman–Crippen MR) is 127 cm³/mol. The Hall–Kier alpha value is -1.06. The molecule has 28 heavy (non-hydrogen) atoms. The quantitative estimate of drug-likeness (QED) is 0.261. The molecular weight excluding hydrogens is 467 g/mol. The van der Waals surface area contributed by atoms with Gasteiger partial charge in [-0.15, -0.1) is 24.0 Å². The fraction of sp³-hybridized carbons (Fsp3) is 0.667. The molecule has 1 aliphatic carbocycles. The van der Waals surface area contributed by atoms with Crippen molar-refractivity contribution in [3.05, 3.63) is 29.3 Å². The van der Waals surface area contributed by atoms with Gasteiger partial charge in [-0.05, 0) is 50.3 Å². The maximum Gasteiger partial charge on any atom is 0.191 e. The van der Waals surface area contributed by atoms with Gasteiger partial charge in [0.15, 0.2) is 5.96 Å². The Kier molecular flexibility index (Phi) is 12.5. The fourth-order valence-electron chi connectivity index (χ4n) is 3.10. The van der Waals surface area contributed by atoms with Crippen molar-refractivity contribution < 1.29 is 9.47 Å². The molecule has 0 saturated heterocycles. The maximum absolute atomic E-state index is 5.41. The summed E-state index contributed by atoms with van der Waals surface area (Å²) in [6.07, 6.45) is 3.56. The molecule has 0 spiro atoms. The summed E-state index contributed by atoms with van der Waals surface area (Å²) in [5, 5.41) is 6.77. The molecule has 0 atom stereocenters. The molecule has 0 unspecified atom stereocenters. The predicted octanol–water partition coefficient (Wildman–Crippen LogP) is 2.83. The van der Waals surface area contributed by atoms with Crippen molar-refractivity contribution in [2.24, 2.45) is 4.99 Å². The molecule has 0 aromatic heterocycles. The van der Waals surface area contributed by atoms with E-state index in [-0.39, 0.29) is 24.0 Å². The molecule has 0 bridgehead atoms. The second-order valence-electron chi connectivity index (χ2n) is 7.00. The minimum atomic E-state index is 0. The van der Waals surface area contributed by atoms with Crippen LogP contribution in [0, 0.1) is 6.92 Å². The fourth-order valence-corrected chi connectivity index (χ4v) is 3.10. The van der Waals surface area contributed by atoms with Crippen LogP contribution in [0.1, 0.15) is 30.9 Å². The molecule has 1 aromatic carbocycles. The Bertz CT molecular complexity index is 594. The van der Waals surface area contributed by atoms with Crippen molar-refractivity contribution in [2.75, 3.05) is 53.6 Å². The van der Waals surface area contributed by atoms with Gasteiger partial charge in [-0.3, -0.25) is 9.89 Å². The van der Waals surface area contributed by atoms with Gasteiger partial charge < -0.3 is 20.1 Å². The Labute approximate surface area is 187 Å². The van der Waals surface area contributed by atoms with Crippen LogP contribution >= 0.6 is 24.0 Å². The molecule has 160 valence electrons. The molecular formula is C21H37IN4O2. The Morgan fingerprint density at radius 1 is 1.21 bits per heavy atom. The minimum absolute atomic E-state index is 0. The van der Waals surface area contributed by atoms with Crippen LogP contribution in [0.2, 0.25) is 0 Å². The summed E-state index contributed by atoms with van der Waals surface area (Å²) in [7, 11) is 3.48. The van der Waals surface area contributed by atoms with Gasteiger partial charge in [0.25, 0.3) is 0 Å². The van der Waals surface area contributed by atoms with Crippen LogP contribution in [0.3, 0.4) is 0 Å². The summed E-state index contributed by atoms with van der Waals surface area (Å²) in [5.41, 5.74) is 2.43. The first-order valence-corrected chi connectivity index (χ1v) is 10.1. The van der Waals surface area contributed by atoms with E-state index < -0.39 is 0 Å². The second kappa shape index (κ2) is 14.0. The number of hydrogen-bond acceptors (Lipinski definition) is 4. The van der Waals surface area contributed by atoms with Gasteiger partial charge in [0.1, 0.15) is 5.75 Å². The van der Waals surface area contributed by atoms with Crippen LogP contribution in [0.15, 0.2) is 23.2 Å². The van der Waals surface area contributed by atoms with Crippen molar-refractivity contribution in [1.29, 1.82) is 0 Å². The average molecular weight is 504 g/mol. The molecule has 1 fully saturated rings. The van der Waals surface area contributed by atoms with E-state index in [0.29, 0.717) is 0 Å². The summed E-state index contributed by atoms with van der Waals surface area (Å²) in [6.45, 7) is 9.43. The highest BCUT2D eigenvalue weighted by molar-refractivity contribution is 14.0. The van der Waals surface area contributed by atoms with Gasteiger partial charge in [0, 0.05) is 39.3 Å². The zero-order chi connectivity index (χ0) is 19.5. The monoisotopic (exact) mass is 504 g/mol. The van der Waals surface area contributed by atoms with Crippen LogP contribution in [0.4, 0.5) is 0 Å². The van der Waals surface area contributed by atoms with E-state index in [4.69, 9.17) is 14.5 Å². The Morgan fingerprint density at radius 2 is 2.00 bits per heavy atom. The highest BCUT2D eigenvalue weighted by Gasteiger charge is 2.28. The number of nitrogens with zero attached hydrogens (tertiary/aromatic N) is 2. The van der Waals surface area contributed by atoms with Gasteiger partial charge in [-0.1, -0.05) is 12.1 Å². The zero-order valence-electron chi connectivity index (χ0n) is 17.8. The molecule has 1 aliphatic rings. The van der Waals surface area contributed by atoms with Gasteiger partial charge >= 0.3 is 0 Å². The largest absolute Gasteiger partial charge is 0.496 e. The number of nitrogens with one attached hydrogen (secondary N) is 2. The first kappa shape index (κ1) is 25.0. The first-order chi connectivity index (χ1) is 13.2. The van der Waals surface area contributed by atoms with Gasteiger partial charge in [-0.2, -0.15) is 0 Å². The van der Waals surface area contributed by atoms with E-state index in [1.54, 1.807) is 14.2 Å². The number of benzene rings is 1. The van der Waals surface area contributed by atoms with Crippen molar-refractivity contribution in [3.63, 3.8) is 0 Å². The van der Waals surface area contributed by atoms with Gasteiger partial charge in [0.05, 0.1) is 20.3 Å². The maximum atomic E-state index is 5.41. The van der Waals surface area contributed by atoms with Crippen LogP contribution in [-0.4, -0.2) is 70.5 Å². The average Bonchev–Trinajstić information content (AvgIpc) is 3.51. The topological polar surface area (TPSA) is 58.1 Å². The number of guanidine groups is 1. The van der Waals surface area contributed by atoms with E-state index >= 15 is 0 Å².